The number of carbonyl (C=O) groups is 1. The van der Waals surface area contributed by atoms with Crippen LogP contribution in [0.5, 0.6) is 5.88 Å². The summed E-state index contributed by atoms with van der Waals surface area (Å²) in [6.07, 6.45) is 11.0. The Morgan fingerprint density at radius 1 is 1.24 bits per heavy atom. The third-order valence-electron chi connectivity index (χ3n) is 5.48. The van der Waals surface area contributed by atoms with E-state index in [1.54, 1.807) is 24.1 Å². The molecular formula is C23H30FN6O3+. The SMILES string of the molecule is Cn1cc(-c2cn3ncc(F)c3c(O[C@@H]3CCCC(/C=[N+](\C)C(=O)OC(C)(C)C)C3)n2)cn1. The first-order chi connectivity index (χ1) is 15.6. The highest BCUT2D eigenvalue weighted by Gasteiger charge is 2.29. The van der Waals surface area contributed by atoms with Gasteiger partial charge in [0.2, 0.25) is 5.88 Å². The molecule has 0 saturated heterocycles. The molecular weight excluding hydrogens is 427 g/mol. The maximum absolute atomic E-state index is 14.5. The standard InChI is InChI=1S/C23H30FN6O3/c1-23(2,3)33-22(31)28(4)12-15-7-6-8-17(9-15)32-21-20-18(24)11-26-30(20)14-19(27-21)16-10-25-29(5)13-16/h10-15,17H,6-9H2,1-5H3/q+1/b28-12+/t15?,17-/m1/s1. The molecule has 0 spiro atoms. The molecule has 0 aliphatic heterocycles. The van der Waals surface area contributed by atoms with Crippen LogP contribution in [0, 0.1) is 11.7 Å². The zero-order chi connectivity index (χ0) is 23.8. The molecule has 3 aromatic rings. The number of rotatable bonds is 4. The zero-order valence-electron chi connectivity index (χ0n) is 19.7. The summed E-state index contributed by atoms with van der Waals surface area (Å²) in [5.74, 6) is -0.148. The Morgan fingerprint density at radius 2 is 2.03 bits per heavy atom. The van der Waals surface area contributed by atoms with Crippen molar-refractivity contribution in [1.82, 2.24) is 24.4 Å². The van der Waals surface area contributed by atoms with Crippen LogP contribution in [0.3, 0.4) is 0 Å². The van der Waals surface area contributed by atoms with Gasteiger partial charge >= 0.3 is 6.09 Å². The highest BCUT2D eigenvalue weighted by Crippen LogP contribution is 2.31. The van der Waals surface area contributed by atoms with E-state index < -0.39 is 11.4 Å². The van der Waals surface area contributed by atoms with Crippen LogP contribution in [0.25, 0.3) is 16.8 Å². The van der Waals surface area contributed by atoms with Crippen LogP contribution in [0.1, 0.15) is 46.5 Å². The summed E-state index contributed by atoms with van der Waals surface area (Å²) in [7, 11) is 3.52. The molecule has 3 heterocycles. The van der Waals surface area contributed by atoms with Crippen molar-refractivity contribution in [1.29, 1.82) is 0 Å². The average molecular weight is 458 g/mol. The van der Waals surface area contributed by atoms with Gasteiger partial charge in [-0.25, -0.2) is 13.9 Å². The van der Waals surface area contributed by atoms with Crippen molar-refractivity contribution in [2.45, 2.75) is 58.2 Å². The number of hydrogen-bond acceptors (Lipinski definition) is 6. The molecule has 0 aromatic carbocycles. The van der Waals surface area contributed by atoms with E-state index in [-0.39, 0.29) is 29.5 Å². The van der Waals surface area contributed by atoms with Gasteiger partial charge in [-0.3, -0.25) is 4.68 Å². The van der Waals surface area contributed by atoms with Gasteiger partial charge in [0.1, 0.15) is 18.8 Å². The lowest BCUT2D eigenvalue weighted by Crippen LogP contribution is -2.33. The summed E-state index contributed by atoms with van der Waals surface area (Å²) in [6, 6.07) is 0. The van der Waals surface area contributed by atoms with Gasteiger partial charge in [-0.15, -0.1) is 4.58 Å². The Labute approximate surface area is 191 Å². The second kappa shape index (κ2) is 8.92. The van der Waals surface area contributed by atoms with Crippen molar-refractivity contribution < 1.29 is 23.2 Å². The normalized spacial score (nSPS) is 19.6. The van der Waals surface area contributed by atoms with E-state index in [0.717, 1.165) is 31.0 Å². The molecule has 1 aliphatic carbocycles. The lowest BCUT2D eigenvalue weighted by Gasteiger charge is -2.26. The van der Waals surface area contributed by atoms with Gasteiger partial charge in [0.15, 0.2) is 17.5 Å². The molecule has 10 heteroatoms. The lowest BCUT2D eigenvalue weighted by atomic mass is 9.88. The molecule has 9 nitrogen and oxygen atoms in total. The van der Waals surface area contributed by atoms with Gasteiger partial charge in [0.05, 0.1) is 24.3 Å². The zero-order valence-corrected chi connectivity index (χ0v) is 19.7. The third-order valence-corrected chi connectivity index (χ3v) is 5.48. The Bertz CT molecular complexity index is 1190. The minimum Gasteiger partial charge on any atom is -0.473 e. The van der Waals surface area contributed by atoms with Crippen molar-refractivity contribution >= 4 is 17.8 Å². The van der Waals surface area contributed by atoms with Crippen LogP contribution in [0.15, 0.2) is 24.8 Å². The molecule has 33 heavy (non-hydrogen) atoms. The van der Waals surface area contributed by atoms with E-state index in [1.807, 2.05) is 40.2 Å². The molecule has 4 rings (SSSR count). The maximum Gasteiger partial charge on any atom is 0.596 e. The van der Waals surface area contributed by atoms with Crippen LogP contribution in [-0.2, 0) is 11.8 Å². The fourth-order valence-electron chi connectivity index (χ4n) is 4.01. The largest absolute Gasteiger partial charge is 0.596 e. The number of amides is 1. The Kier molecular flexibility index (Phi) is 6.18. The molecule has 1 aliphatic rings. The summed E-state index contributed by atoms with van der Waals surface area (Å²) in [5, 5.41) is 8.28. The van der Waals surface area contributed by atoms with Gasteiger partial charge in [0, 0.05) is 24.7 Å². The molecule has 1 amide bonds. The van der Waals surface area contributed by atoms with Gasteiger partial charge in [-0.2, -0.15) is 15.0 Å². The summed E-state index contributed by atoms with van der Waals surface area (Å²) in [6.45, 7) is 5.52. The van der Waals surface area contributed by atoms with E-state index in [4.69, 9.17) is 9.47 Å². The van der Waals surface area contributed by atoms with Crippen LogP contribution < -0.4 is 4.74 Å². The summed E-state index contributed by atoms with van der Waals surface area (Å²) in [4.78, 5) is 16.9. The summed E-state index contributed by atoms with van der Waals surface area (Å²) < 4.78 is 30.8. The van der Waals surface area contributed by atoms with Crippen molar-refractivity contribution in [3.8, 4) is 17.1 Å². The predicted octanol–water partition coefficient (Wildman–Crippen LogP) is 3.85. The number of hydrogen-bond donors (Lipinski definition) is 0. The Morgan fingerprint density at radius 3 is 2.73 bits per heavy atom. The number of aryl methyl sites for hydroxylation is 1. The molecule has 2 atom stereocenters. The third kappa shape index (κ3) is 5.37. The van der Waals surface area contributed by atoms with E-state index in [9.17, 15) is 9.18 Å². The second-order valence-corrected chi connectivity index (χ2v) is 9.53. The molecule has 176 valence electrons. The van der Waals surface area contributed by atoms with Crippen molar-refractivity contribution in [3.63, 3.8) is 0 Å². The fraction of sp³-hybridized carbons (Fsp3) is 0.522. The second-order valence-electron chi connectivity index (χ2n) is 9.53. The lowest BCUT2D eigenvalue weighted by molar-refractivity contribution is -0.416. The average Bonchev–Trinajstić information content (AvgIpc) is 3.33. The maximum atomic E-state index is 14.5. The van der Waals surface area contributed by atoms with E-state index >= 15 is 0 Å². The van der Waals surface area contributed by atoms with Crippen LogP contribution in [0.4, 0.5) is 9.18 Å². The predicted molar refractivity (Wildman–Crippen MR) is 120 cm³/mol. The first-order valence-corrected chi connectivity index (χ1v) is 11.1. The smallest absolute Gasteiger partial charge is 0.473 e. The van der Waals surface area contributed by atoms with Gasteiger partial charge in [-0.1, -0.05) is 0 Å². The minimum absolute atomic E-state index is 0.133. The van der Waals surface area contributed by atoms with E-state index in [0.29, 0.717) is 12.1 Å². The van der Waals surface area contributed by atoms with Crippen molar-refractivity contribution in [2.24, 2.45) is 13.0 Å². The Hall–Kier alpha value is -3.30. The first-order valence-electron chi connectivity index (χ1n) is 11.1. The van der Waals surface area contributed by atoms with Crippen LogP contribution in [0.2, 0.25) is 0 Å². The molecule has 3 aromatic heterocycles. The van der Waals surface area contributed by atoms with Gasteiger partial charge < -0.3 is 9.47 Å². The molecule has 0 N–H and O–H groups in total. The molecule has 1 fully saturated rings. The van der Waals surface area contributed by atoms with Gasteiger partial charge in [0.25, 0.3) is 0 Å². The number of ether oxygens (including phenoxy) is 2. The number of halogens is 1. The van der Waals surface area contributed by atoms with Gasteiger partial charge in [-0.05, 0) is 46.5 Å². The van der Waals surface area contributed by atoms with Crippen molar-refractivity contribution in [2.75, 3.05) is 7.05 Å². The number of carbonyl (C=O) groups excluding carboxylic acids is 1. The summed E-state index contributed by atoms with van der Waals surface area (Å²) >= 11 is 0. The number of fused-ring (bicyclic) bond motifs is 1. The van der Waals surface area contributed by atoms with E-state index in [2.05, 4.69) is 15.2 Å². The van der Waals surface area contributed by atoms with Crippen molar-refractivity contribution in [3.05, 3.63) is 30.6 Å². The van der Waals surface area contributed by atoms with Crippen LogP contribution in [-0.4, -0.2) is 60.0 Å². The first kappa shape index (κ1) is 22.9. The number of nitrogens with zero attached hydrogens (tertiary/aromatic N) is 6. The highest BCUT2D eigenvalue weighted by molar-refractivity contribution is 5.67. The van der Waals surface area contributed by atoms with Crippen LogP contribution >= 0.6 is 0 Å². The fourth-order valence-corrected chi connectivity index (χ4v) is 4.01. The summed E-state index contributed by atoms with van der Waals surface area (Å²) in [5.41, 5.74) is 1.04. The molecule has 0 radical (unpaired) electrons. The highest BCUT2D eigenvalue weighted by atomic mass is 19.1. The van der Waals surface area contributed by atoms with E-state index in [1.165, 1.54) is 9.09 Å². The molecule has 0 bridgehead atoms. The quantitative estimate of drug-likeness (QED) is 0.437. The molecule has 1 saturated carbocycles. The monoisotopic (exact) mass is 457 g/mol. The molecule has 1 unspecified atom stereocenters. The topological polar surface area (TPSA) is 86.5 Å². The minimum atomic E-state index is -0.553. The number of aromatic nitrogens is 5. The Balaban J connectivity index is 1.55.